The molecule has 2 rings (SSSR count). The normalized spacial score (nSPS) is 11.1. The first-order valence-electron chi connectivity index (χ1n) is 6.77. The molecule has 1 amide bonds. The fraction of sp³-hybridized carbons (Fsp3) is 0.188. The molecular formula is C16H16FNO3S. The molecule has 4 nitrogen and oxygen atoms in total. The molecule has 1 N–H and O–H groups in total. The second-order valence-electron chi connectivity index (χ2n) is 4.76. The lowest BCUT2D eigenvalue weighted by Crippen LogP contribution is -2.25. The minimum atomic E-state index is -3.80. The summed E-state index contributed by atoms with van der Waals surface area (Å²) in [4.78, 5) is 11.3. The molecule has 0 aliphatic rings. The smallest absolute Gasteiger partial charge is 0.221 e. The van der Waals surface area contributed by atoms with E-state index in [2.05, 4.69) is 5.32 Å². The number of rotatable bonds is 6. The Bertz CT molecular complexity index is 745. The van der Waals surface area contributed by atoms with Crippen LogP contribution in [-0.4, -0.2) is 20.1 Å². The summed E-state index contributed by atoms with van der Waals surface area (Å²) in [5.74, 6) is -1.61. The zero-order valence-electron chi connectivity index (χ0n) is 11.8. The predicted molar refractivity (Wildman–Crippen MR) is 81.4 cm³/mol. The highest BCUT2D eigenvalue weighted by Crippen LogP contribution is 2.15. The van der Waals surface area contributed by atoms with Crippen molar-refractivity contribution in [1.29, 1.82) is 0 Å². The fourth-order valence-corrected chi connectivity index (χ4v) is 3.24. The first-order valence-corrected chi connectivity index (χ1v) is 8.42. The van der Waals surface area contributed by atoms with Gasteiger partial charge in [-0.1, -0.05) is 42.5 Å². The maximum atomic E-state index is 13.5. The van der Waals surface area contributed by atoms with Crippen LogP contribution < -0.4 is 5.32 Å². The van der Waals surface area contributed by atoms with Gasteiger partial charge in [-0.05, 0) is 17.7 Å². The van der Waals surface area contributed by atoms with Gasteiger partial charge in [0.2, 0.25) is 5.91 Å². The Balaban J connectivity index is 1.89. The lowest BCUT2D eigenvalue weighted by molar-refractivity contribution is -0.120. The van der Waals surface area contributed by atoms with Gasteiger partial charge < -0.3 is 5.32 Å². The molecule has 0 bridgehead atoms. The number of carbonyl (C=O) groups excluding carboxylic acids is 1. The highest BCUT2D eigenvalue weighted by atomic mass is 32.2. The molecular weight excluding hydrogens is 305 g/mol. The summed E-state index contributed by atoms with van der Waals surface area (Å²) < 4.78 is 37.5. The summed E-state index contributed by atoms with van der Waals surface area (Å²) in [5, 5.41) is 2.64. The van der Waals surface area contributed by atoms with E-state index in [9.17, 15) is 17.6 Å². The van der Waals surface area contributed by atoms with Gasteiger partial charge in [-0.3, -0.25) is 4.79 Å². The van der Waals surface area contributed by atoms with Crippen molar-refractivity contribution in [2.75, 3.05) is 5.75 Å². The summed E-state index contributed by atoms with van der Waals surface area (Å²) in [6, 6.07) is 14.4. The Morgan fingerprint density at radius 1 is 1.00 bits per heavy atom. The topological polar surface area (TPSA) is 63.2 Å². The molecule has 6 heteroatoms. The Morgan fingerprint density at radius 2 is 1.64 bits per heavy atom. The molecule has 116 valence electrons. The quantitative estimate of drug-likeness (QED) is 0.888. The average Bonchev–Trinajstić information content (AvgIpc) is 2.52. The van der Waals surface area contributed by atoms with E-state index in [4.69, 9.17) is 0 Å². The molecule has 2 aromatic carbocycles. The van der Waals surface area contributed by atoms with E-state index in [1.165, 1.54) is 18.2 Å². The minimum Gasteiger partial charge on any atom is -0.352 e. The van der Waals surface area contributed by atoms with Gasteiger partial charge in [-0.25, -0.2) is 12.8 Å². The van der Waals surface area contributed by atoms with Gasteiger partial charge in [0.05, 0.1) is 5.75 Å². The first-order chi connectivity index (χ1) is 10.5. The predicted octanol–water partition coefficient (Wildman–Crippen LogP) is 2.31. The van der Waals surface area contributed by atoms with E-state index in [0.717, 1.165) is 11.6 Å². The second kappa shape index (κ2) is 7.17. The molecule has 0 fully saturated rings. The lowest BCUT2D eigenvalue weighted by Gasteiger charge is -2.07. The van der Waals surface area contributed by atoms with E-state index in [1.54, 1.807) is 0 Å². The molecule has 0 atom stereocenters. The Morgan fingerprint density at radius 3 is 2.32 bits per heavy atom. The van der Waals surface area contributed by atoms with Crippen LogP contribution in [0.1, 0.15) is 12.0 Å². The summed E-state index contributed by atoms with van der Waals surface area (Å²) in [7, 11) is -3.80. The molecule has 0 aromatic heterocycles. The van der Waals surface area contributed by atoms with Gasteiger partial charge in [0, 0.05) is 13.0 Å². The van der Waals surface area contributed by atoms with Gasteiger partial charge in [-0.15, -0.1) is 0 Å². The number of sulfone groups is 1. The molecule has 2 aromatic rings. The van der Waals surface area contributed by atoms with E-state index in [-0.39, 0.29) is 17.2 Å². The summed E-state index contributed by atoms with van der Waals surface area (Å²) in [5.41, 5.74) is 0.924. The van der Waals surface area contributed by atoms with Gasteiger partial charge in [0.15, 0.2) is 9.84 Å². The summed E-state index contributed by atoms with van der Waals surface area (Å²) in [6.07, 6.45) is -0.205. The molecule has 0 spiro atoms. The Hall–Kier alpha value is -2.21. The zero-order valence-corrected chi connectivity index (χ0v) is 12.6. The van der Waals surface area contributed by atoms with Crippen LogP contribution in [0.15, 0.2) is 59.5 Å². The maximum absolute atomic E-state index is 13.5. The van der Waals surface area contributed by atoms with Gasteiger partial charge in [0.1, 0.15) is 10.7 Å². The van der Waals surface area contributed by atoms with Crippen LogP contribution in [0.5, 0.6) is 0 Å². The van der Waals surface area contributed by atoms with Crippen LogP contribution in [-0.2, 0) is 21.2 Å². The molecule has 22 heavy (non-hydrogen) atoms. The van der Waals surface area contributed by atoms with Gasteiger partial charge in [0.25, 0.3) is 0 Å². The number of hydrogen-bond donors (Lipinski definition) is 1. The number of carbonyl (C=O) groups is 1. The van der Waals surface area contributed by atoms with Crippen LogP contribution in [0.4, 0.5) is 4.39 Å². The molecule has 0 saturated carbocycles. The van der Waals surface area contributed by atoms with E-state index < -0.39 is 21.4 Å². The van der Waals surface area contributed by atoms with Gasteiger partial charge >= 0.3 is 0 Å². The van der Waals surface area contributed by atoms with Crippen LogP contribution in [0.3, 0.4) is 0 Å². The van der Waals surface area contributed by atoms with E-state index in [1.807, 2.05) is 30.3 Å². The second-order valence-corrected chi connectivity index (χ2v) is 6.84. The number of nitrogens with one attached hydrogen (secondary N) is 1. The molecule has 0 heterocycles. The number of benzene rings is 2. The number of halogens is 1. The van der Waals surface area contributed by atoms with Crippen molar-refractivity contribution in [1.82, 2.24) is 5.32 Å². The molecule has 0 aliphatic carbocycles. The Kier molecular flexibility index (Phi) is 5.27. The maximum Gasteiger partial charge on any atom is 0.221 e. The third-order valence-corrected chi connectivity index (χ3v) is 4.84. The SMILES string of the molecule is O=C(CCS(=O)(=O)c1ccccc1F)NCc1ccccc1. The summed E-state index contributed by atoms with van der Waals surface area (Å²) >= 11 is 0. The van der Waals surface area contributed by atoms with Crippen molar-refractivity contribution in [3.8, 4) is 0 Å². The van der Waals surface area contributed by atoms with Crippen molar-refractivity contribution in [2.24, 2.45) is 0 Å². The van der Waals surface area contributed by atoms with Crippen LogP contribution in [0, 0.1) is 5.82 Å². The molecule has 0 radical (unpaired) electrons. The van der Waals surface area contributed by atoms with Crippen molar-refractivity contribution in [2.45, 2.75) is 17.9 Å². The van der Waals surface area contributed by atoms with Gasteiger partial charge in [-0.2, -0.15) is 0 Å². The van der Waals surface area contributed by atoms with Crippen molar-refractivity contribution in [3.63, 3.8) is 0 Å². The summed E-state index contributed by atoms with van der Waals surface area (Å²) in [6.45, 7) is 0.333. The highest BCUT2D eigenvalue weighted by Gasteiger charge is 2.19. The third-order valence-electron chi connectivity index (χ3n) is 3.10. The highest BCUT2D eigenvalue weighted by molar-refractivity contribution is 7.91. The standard InChI is InChI=1S/C16H16FNO3S/c17-14-8-4-5-9-15(14)22(20,21)11-10-16(19)18-12-13-6-2-1-3-7-13/h1-9H,10-12H2,(H,18,19). The fourth-order valence-electron chi connectivity index (χ4n) is 1.92. The van der Waals surface area contributed by atoms with Crippen LogP contribution in [0.25, 0.3) is 0 Å². The third kappa shape index (κ3) is 4.39. The average molecular weight is 321 g/mol. The van der Waals surface area contributed by atoms with Crippen LogP contribution >= 0.6 is 0 Å². The van der Waals surface area contributed by atoms with Crippen LogP contribution in [0.2, 0.25) is 0 Å². The Labute approximate surface area is 128 Å². The van der Waals surface area contributed by atoms with Crippen molar-refractivity contribution >= 4 is 15.7 Å². The number of hydrogen-bond acceptors (Lipinski definition) is 3. The van der Waals surface area contributed by atoms with Crippen molar-refractivity contribution in [3.05, 3.63) is 66.0 Å². The monoisotopic (exact) mass is 321 g/mol. The molecule has 0 saturated heterocycles. The zero-order chi connectivity index (χ0) is 16.0. The first kappa shape index (κ1) is 16.2. The molecule has 0 aliphatic heterocycles. The number of amides is 1. The minimum absolute atomic E-state index is 0.205. The van der Waals surface area contributed by atoms with E-state index in [0.29, 0.717) is 6.54 Å². The molecule has 0 unspecified atom stereocenters. The van der Waals surface area contributed by atoms with Crippen molar-refractivity contribution < 1.29 is 17.6 Å². The van der Waals surface area contributed by atoms with E-state index >= 15 is 0 Å². The largest absolute Gasteiger partial charge is 0.352 e. The lowest BCUT2D eigenvalue weighted by atomic mass is 10.2.